The lowest BCUT2D eigenvalue weighted by molar-refractivity contribution is -0.137. The van der Waals surface area contributed by atoms with E-state index in [2.05, 4.69) is 5.16 Å². The third-order valence-corrected chi connectivity index (χ3v) is 2.83. The van der Waals surface area contributed by atoms with E-state index < -0.39 is 17.7 Å². The molecule has 0 amide bonds. The molecule has 0 bridgehead atoms. The number of aryl methyl sites for hydroxylation is 1. The first-order chi connectivity index (χ1) is 9.86. The first-order valence-corrected chi connectivity index (χ1v) is 6.16. The van der Waals surface area contributed by atoms with E-state index in [1.807, 2.05) is 0 Å². The van der Waals surface area contributed by atoms with Crippen LogP contribution in [0.2, 0.25) is 0 Å². The summed E-state index contributed by atoms with van der Waals surface area (Å²) in [7, 11) is 0. The summed E-state index contributed by atoms with van der Waals surface area (Å²) in [6.07, 6.45) is -4.56. The Bertz CT molecular complexity index is 662. The van der Waals surface area contributed by atoms with Crippen LogP contribution in [0.25, 0.3) is 11.3 Å². The van der Waals surface area contributed by atoms with Gasteiger partial charge in [-0.1, -0.05) is 23.4 Å². The Balaban J connectivity index is 2.62. The SMILES string of the molecule is CCOC(=O)c1c(-c2ccccc2C(F)(F)F)noc1C. The molecule has 0 N–H and O–H groups in total. The molecule has 112 valence electrons. The molecule has 1 heterocycles. The molecule has 2 aromatic rings. The lowest BCUT2D eigenvalue weighted by Gasteiger charge is -2.11. The maximum Gasteiger partial charge on any atom is 0.417 e. The molecule has 0 aliphatic rings. The minimum atomic E-state index is -4.56. The van der Waals surface area contributed by atoms with Gasteiger partial charge in [0.2, 0.25) is 0 Å². The van der Waals surface area contributed by atoms with Gasteiger partial charge in [-0.05, 0) is 19.9 Å². The molecule has 2 rings (SSSR count). The highest BCUT2D eigenvalue weighted by molar-refractivity contribution is 5.97. The van der Waals surface area contributed by atoms with Crippen LogP contribution in [0.5, 0.6) is 0 Å². The molecule has 4 nitrogen and oxygen atoms in total. The largest absolute Gasteiger partial charge is 0.462 e. The number of alkyl halides is 3. The third kappa shape index (κ3) is 2.91. The lowest BCUT2D eigenvalue weighted by atomic mass is 10.0. The highest BCUT2D eigenvalue weighted by Gasteiger charge is 2.36. The fourth-order valence-electron chi connectivity index (χ4n) is 1.94. The van der Waals surface area contributed by atoms with Crippen LogP contribution >= 0.6 is 0 Å². The fourth-order valence-corrected chi connectivity index (χ4v) is 1.94. The van der Waals surface area contributed by atoms with Crippen molar-refractivity contribution in [2.45, 2.75) is 20.0 Å². The standard InChI is InChI=1S/C14H12F3NO3/c1-3-20-13(19)11-8(2)21-18-12(11)9-6-4-5-7-10(9)14(15,16)17/h4-7H,3H2,1-2H3. The predicted octanol–water partition coefficient (Wildman–Crippen LogP) is 3.85. The van der Waals surface area contributed by atoms with Crippen LogP contribution in [-0.4, -0.2) is 17.7 Å². The summed E-state index contributed by atoms with van der Waals surface area (Å²) < 4.78 is 48.8. The zero-order valence-electron chi connectivity index (χ0n) is 11.3. The summed E-state index contributed by atoms with van der Waals surface area (Å²) in [6.45, 7) is 3.15. The van der Waals surface area contributed by atoms with Crippen molar-refractivity contribution in [3.63, 3.8) is 0 Å². The average Bonchev–Trinajstić information content (AvgIpc) is 2.80. The van der Waals surface area contributed by atoms with Gasteiger partial charge in [-0.15, -0.1) is 0 Å². The number of ether oxygens (including phenoxy) is 1. The highest BCUT2D eigenvalue weighted by atomic mass is 19.4. The second-order valence-electron chi connectivity index (χ2n) is 4.23. The number of nitrogens with zero attached hydrogens (tertiary/aromatic N) is 1. The van der Waals surface area contributed by atoms with Crippen molar-refractivity contribution in [2.75, 3.05) is 6.61 Å². The van der Waals surface area contributed by atoms with Gasteiger partial charge < -0.3 is 9.26 Å². The average molecular weight is 299 g/mol. The number of carbonyl (C=O) groups excluding carboxylic acids is 1. The van der Waals surface area contributed by atoms with Gasteiger partial charge in [0.1, 0.15) is 17.0 Å². The van der Waals surface area contributed by atoms with E-state index in [1.165, 1.54) is 25.1 Å². The molecule has 7 heteroatoms. The molecule has 0 saturated heterocycles. The number of carbonyl (C=O) groups is 1. The molecule has 1 aromatic carbocycles. The Morgan fingerprint density at radius 1 is 1.33 bits per heavy atom. The van der Waals surface area contributed by atoms with Crippen molar-refractivity contribution in [1.82, 2.24) is 5.16 Å². The smallest absolute Gasteiger partial charge is 0.417 e. The molecule has 0 aliphatic heterocycles. The van der Waals surface area contributed by atoms with Crippen LogP contribution in [-0.2, 0) is 10.9 Å². The molecule has 0 unspecified atom stereocenters. The van der Waals surface area contributed by atoms with Gasteiger partial charge in [-0.2, -0.15) is 13.2 Å². The maximum atomic E-state index is 13.0. The van der Waals surface area contributed by atoms with E-state index in [0.717, 1.165) is 6.07 Å². The van der Waals surface area contributed by atoms with Gasteiger partial charge in [0, 0.05) is 5.56 Å². The van der Waals surface area contributed by atoms with Crippen LogP contribution in [0.4, 0.5) is 13.2 Å². The number of benzene rings is 1. The molecular weight excluding hydrogens is 287 g/mol. The summed E-state index contributed by atoms with van der Waals surface area (Å²) in [6, 6.07) is 4.87. The summed E-state index contributed by atoms with van der Waals surface area (Å²) in [5.74, 6) is -0.649. The first kappa shape index (κ1) is 15.1. The molecule has 1 aromatic heterocycles. The summed E-state index contributed by atoms with van der Waals surface area (Å²) >= 11 is 0. The normalized spacial score (nSPS) is 11.5. The van der Waals surface area contributed by atoms with Crippen LogP contribution < -0.4 is 0 Å². The van der Waals surface area contributed by atoms with Crippen LogP contribution in [0, 0.1) is 6.92 Å². The minimum Gasteiger partial charge on any atom is -0.462 e. The number of esters is 1. The lowest BCUT2D eigenvalue weighted by Crippen LogP contribution is -2.10. The molecule has 0 spiro atoms. The minimum absolute atomic E-state index is 0.0893. The van der Waals surface area contributed by atoms with Crippen molar-refractivity contribution >= 4 is 5.97 Å². The monoisotopic (exact) mass is 299 g/mol. The molecule has 0 radical (unpaired) electrons. The number of halogens is 3. The van der Waals surface area contributed by atoms with Gasteiger partial charge in [-0.25, -0.2) is 4.79 Å². The Labute approximate surface area is 118 Å². The van der Waals surface area contributed by atoms with Crippen LogP contribution in [0.15, 0.2) is 28.8 Å². The number of rotatable bonds is 3. The molecule has 0 fully saturated rings. The highest BCUT2D eigenvalue weighted by Crippen LogP contribution is 2.38. The Hall–Kier alpha value is -2.31. The Kier molecular flexibility index (Phi) is 4.02. The van der Waals surface area contributed by atoms with E-state index in [1.54, 1.807) is 6.92 Å². The molecule has 0 aliphatic carbocycles. The molecular formula is C14H12F3NO3. The summed E-state index contributed by atoms with van der Waals surface area (Å²) in [5.41, 5.74) is -1.36. The van der Waals surface area contributed by atoms with Gasteiger partial charge in [0.05, 0.1) is 12.2 Å². The van der Waals surface area contributed by atoms with E-state index in [0.29, 0.717) is 0 Å². The van der Waals surface area contributed by atoms with Crippen LogP contribution in [0.1, 0.15) is 28.6 Å². The first-order valence-electron chi connectivity index (χ1n) is 6.16. The second kappa shape index (κ2) is 5.59. The van der Waals surface area contributed by atoms with E-state index in [4.69, 9.17) is 9.26 Å². The van der Waals surface area contributed by atoms with E-state index >= 15 is 0 Å². The Morgan fingerprint density at radius 2 is 2.00 bits per heavy atom. The van der Waals surface area contributed by atoms with Gasteiger partial charge >= 0.3 is 12.1 Å². The van der Waals surface area contributed by atoms with Gasteiger partial charge in [0.15, 0.2) is 0 Å². The summed E-state index contributed by atoms with van der Waals surface area (Å²) in [4.78, 5) is 11.9. The molecule has 21 heavy (non-hydrogen) atoms. The van der Waals surface area contributed by atoms with E-state index in [9.17, 15) is 18.0 Å². The predicted molar refractivity (Wildman–Crippen MR) is 67.6 cm³/mol. The van der Waals surface area contributed by atoms with Gasteiger partial charge in [-0.3, -0.25) is 0 Å². The van der Waals surface area contributed by atoms with Crippen molar-refractivity contribution < 1.29 is 27.2 Å². The second-order valence-corrected chi connectivity index (χ2v) is 4.23. The fraction of sp³-hybridized carbons (Fsp3) is 0.286. The Morgan fingerprint density at radius 3 is 2.62 bits per heavy atom. The number of aromatic nitrogens is 1. The maximum absolute atomic E-state index is 13.0. The zero-order chi connectivity index (χ0) is 15.6. The van der Waals surface area contributed by atoms with E-state index in [-0.39, 0.29) is 29.2 Å². The molecule has 0 saturated carbocycles. The topological polar surface area (TPSA) is 52.3 Å². The van der Waals surface area contributed by atoms with Crippen molar-refractivity contribution in [3.8, 4) is 11.3 Å². The van der Waals surface area contributed by atoms with Crippen LogP contribution in [0.3, 0.4) is 0 Å². The van der Waals surface area contributed by atoms with Crippen molar-refractivity contribution in [2.24, 2.45) is 0 Å². The zero-order valence-corrected chi connectivity index (χ0v) is 11.3. The van der Waals surface area contributed by atoms with Crippen molar-refractivity contribution in [3.05, 3.63) is 41.2 Å². The van der Waals surface area contributed by atoms with Gasteiger partial charge in [0.25, 0.3) is 0 Å². The van der Waals surface area contributed by atoms with Crippen molar-refractivity contribution in [1.29, 1.82) is 0 Å². The third-order valence-electron chi connectivity index (χ3n) is 2.83. The molecule has 0 atom stereocenters. The number of hydrogen-bond acceptors (Lipinski definition) is 4. The number of hydrogen-bond donors (Lipinski definition) is 0. The quantitative estimate of drug-likeness (QED) is 0.808. The summed E-state index contributed by atoms with van der Waals surface area (Å²) in [5, 5.41) is 3.59.